The predicted molar refractivity (Wildman–Crippen MR) is 63.5 cm³/mol. The van der Waals surface area contributed by atoms with Crippen LogP contribution < -0.4 is 21.4 Å². The van der Waals surface area contributed by atoms with Gasteiger partial charge in [-0.25, -0.2) is 0 Å². The third-order valence-corrected chi connectivity index (χ3v) is 2.85. The molecule has 0 aliphatic heterocycles. The summed E-state index contributed by atoms with van der Waals surface area (Å²) in [7, 11) is 0. The van der Waals surface area contributed by atoms with Gasteiger partial charge in [0, 0.05) is 17.5 Å². The van der Waals surface area contributed by atoms with Crippen LogP contribution in [-0.2, 0) is 0 Å². The lowest BCUT2D eigenvalue weighted by Crippen LogP contribution is -3.00. The van der Waals surface area contributed by atoms with Crippen LogP contribution in [0.15, 0.2) is 48.8 Å². The lowest BCUT2D eigenvalue weighted by molar-refractivity contribution is -0.511. The Hall–Kier alpha value is -2.12. The second-order valence-electron chi connectivity index (χ2n) is 3.88. The molecule has 1 N–H and O–H groups in total. The van der Waals surface area contributed by atoms with Crippen molar-refractivity contribution in [1.29, 1.82) is 5.26 Å². The topological polar surface area (TPSA) is 48.1 Å². The number of nitrogens with zero attached hydrogens (tertiary/aromatic N) is 2. The Labute approximate surface area is 114 Å². The zero-order valence-electron chi connectivity index (χ0n) is 9.34. The van der Waals surface area contributed by atoms with Crippen molar-refractivity contribution in [3.05, 3.63) is 54.4 Å². The third-order valence-electron chi connectivity index (χ3n) is 2.85. The van der Waals surface area contributed by atoms with Crippen LogP contribution in [0.2, 0.25) is 0 Å². The van der Waals surface area contributed by atoms with E-state index < -0.39 is 0 Å². The van der Waals surface area contributed by atoms with Crippen molar-refractivity contribution in [2.45, 2.75) is 0 Å². The molecule has 0 saturated heterocycles. The molecule has 0 spiro atoms. The second kappa shape index (κ2) is 4.63. The van der Waals surface area contributed by atoms with E-state index in [1.165, 1.54) is 0 Å². The molecule has 2 heterocycles. The third kappa shape index (κ3) is 1.79. The van der Waals surface area contributed by atoms with Gasteiger partial charge in [0.1, 0.15) is 0 Å². The average molecular weight is 301 g/mol. The highest BCUT2D eigenvalue weighted by Gasteiger charge is 2.12. The van der Waals surface area contributed by atoms with E-state index in [-0.39, 0.29) is 22.7 Å². The Kier molecular flexibility index (Phi) is 3.17. The lowest BCUT2D eigenvalue weighted by Gasteiger charge is -2.00. The molecule has 0 bridgehead atoms. The molecular weight excluding hydrogens is 292 g/mol. The summed E-state index contributed by atoms with van der Waals surface area (Å²) < 4.78 is 1.82. The van der Waals surface area contributed by atoms with Crippen LogP contribution in [0.4, 0.5) is 0 Å². The normalized spacial score (nSPS) is 9.94. The molecule has 3 nitrogen and oxygen atoms in total. The van der Waals surface area contributed by atoms with Gasteiger partial charge in [-0.15, -0.1) is 0 Å². The highest BCUT2D eigenvalue weighted by Crippen LogP contribution is 2.25. The molecule has 3 aromatic rings. The molecule has 0 saturated carbocycles. The van der Waals surface area contributed by atoms with Crippen LogP contribution in [-0.4, -0.2) is 5.11 Å². The molecule has 0 fully saturated rings. The molecule has 4 heteroatoms. The Morgan fingerprint density at radius 1 is 1.11 bits per heavy atom. The van der Waals surface area contributed by atoms with Crippen LogP contribution in [0.1, 0.15) is 5.56 Å². The van der Waals surface area contributed by atoms with E-state index >= 15 is 0 Å². The first kappa shape index (κ1) is 12.3. The van der Waals surface area contributed by atoms with Gasteiger partial charge in [-0.1, -0.05) is 18.2 Å². The Morgan fingerprint density at radius 2 is 1.83 bits per heavy atom. The molecule has 0 aliphatic carbocycles. The van der Waals surface area contributed by atoms with Gasteiger partial charge in [-0.05, 0) is 6.07 Å². The Morgan fingerprint density at radius 3 is 2.56 bits per heavy atom. The number of nitriles is 1. The number of aromatic hydroxyl groups is 1. The highest BCUT2D eigenvalue weighted by atomic mass is 79.9. The van der Waals surface area contributed by atoms with E-state index in [1.54, 1.807) is 18.5 Å². The van der Waals surface area contributed by atoms with Gasteiger partial charge in [-0.2, -0.15) is 9.66 Å². The van der Waals surface area contributed by atoms with Crippen molar-refractivity contribution >= 4 is 16.3 Å². The summed E-state index contributed by atoms with van der Waals surface area (Å²) in [4.78, 5) is 0. The van der Waals surface area contributed by atoms with Gasteiger partial charge < -0.3 is 22.1 Å². The molecule has 3 rings (SSSR count). The van der Waals surface area contributed by atoms with E-state index in [9.17, 15) is 5.11 Å². The molecule has 1 aromatic carbocycles. The number of benzene rings is 1. The van der Waals surface area contributed by atoms with E-state index in [1.807, 2.05) is 34.7 Å². The predicted octanol–water partition coefficient (Wildman–Crippen LogP) is -0.840. The number of rotatable bonds is 0. The van der Waals surface area contributed by atoms with Crippen molar-refractivity contribution in [2.24, 2.45) is 0 Å². The van der Waals surface area contributed by atoms with Crippen molar-refractivity contribution in [3.63, 3.8) is 0 Å². The fourth-order valence-electron chi connectivity index (χ4n) is 2.04. The largest absolute Gasteiger partial charge is 1.00 e. The Bertz CT molecular complexity index is 778. The fraction of sp³-hybridized carbons (Fsp3) is 0. The maximum atomic E-state index is 9.91. The van der Waals surface area contributed by atoms with Crippen LogP contribution >= 0.6 is 0 Å². The van der Waals surface area contributed by atoms with Crippen molar-refractivity contribution in [2.75, 3.05) is 0 Å². The van der Waals surface area contributed by atoms with Crippen LogP contribution in [0.25, 0.3) is 16.3 Å². The van der Waals surface area contributed by atoms with E-state index in [0.717, 1.165) is 16.3 Å². The lowest BCUT2D eigenvalue weighted by atomic mass is 10.1. The Balaban J connectivity index is 0.00000120. The molecule has 0 aliphatic rings. The highest BCUT2D eigenvalue weighted by molar-refractivity contribution is 5.97. The van der Waals surface area contributed by atoms with E-state index in [4.69, 9.17) is 5.26 Å². The summed E-state index contributed by atoms with van der Waals surface area (Å²) in [5.74, 6) is 0.239. The first-order valence-corrected chi connectivity index (χ1v) is 5.25. The van der Waals surface area contributed by atoms with E-state index in [0.29, 0.717) is 5.56 Å². The van der Waals surface area contributed by atoms with Crippen molar-refractivity contribution in [3.8, 4) is 11.8 Å². The molecular formula is C14H9BrN2O. The van der Waals surface area contributed by atoms with Gasteiger partial charge in [0.25, 0.3) is 0 Å². The summed E-state index contributed by atoms with van der Waals surface area (Å²) in [6.45, 7) is 0. The van der Waals surface area contributed by atoms with Crippen molar-refractivity contribution in [1.82, 2.24) is 0 Å². The summed E-state index contributed by atoms with van der Waals surface area (Å²) in [6.07, 6.45) is 3.43. The number of halogens is 1. The van der Waals surface area contributed by atoms with Crippen LogP contribution in [0, 0.1) is 11.3 Å². The first-order valence-electron chi connectivity index (χ1n) is 5.25. The number of hydrogen-bond donors (Lipinski definition) is 1. The van der Waals surface area contributed by atoms with E-state index in [2.05, 4.69) is 6.07 Å². The maximum Gasteiger partial charge on any atom is 0.220 e. The van der Waals surface area contributed by atoms with Gasteiger partial charge in [0.15, 0.2) is 11.9 Å². The van der Waals surface area contributed by atoms with Gasteiger partial charge in [0.2, 0.25) is 11.7 Å². The molecule has 0 unspecified atom stereocenters. The number of hydrogen-bond acceptors (Lipinski definition) is 2. The quantitative estimate of drug-likeness (QED) is 0.435. The molecule has 0 atom stereocenters. The minimum Gasteiger partial charge on any atom is -1.00 e. The molecule has 2 aromatic heterocycles. The van der Waals surface area contributed by atoms with Crippen LogP contribution in [0.5, 0.6) is 5.75 Å². The zero-order chi connectivity index (χ0) is 11.8. The van der Waals surface area contributed by atoms with Crippen LogP contribution in [0.3, 0.4) is 0 Å². The summed E-state index contributed by atoms with van der Waals surface area (Å²) in [5.41, 5.74) is 1.53. The van der Waals surface area contributed by atoms with Gasteiger partial charge in [-0.3, -0.25) is 0 Å². The minimum atomic E-state index is 0. The minimum absolute atomic E-state index is 0. The SMILES string of the molecule is N#Cc1cc[n+]2cc(O)c3ccccc3c2c1.[Br-]. The molecule has 0 radical (unpaired) electrons. The summed E-state index contributed by atoms with van der Waals surface area (Å²) in [5, 5.41) is 20.6. The first-order chi connectivity index (χ1) is 8.29. The number of aromatic nitrogens is 1. The van der Waals surface area contributed by atoms with Crippen molar-refractivity contribution < 1.29 is 26.5 Å². The molecule has 0 amide bonds. The zero-order valence-corrected chi connectivity index (χ0v) is 10.9. The standard InChI is InChI=1S/C14H8N2O.BrH/c15-8-10-5-6-16-9-14(17)12-4-2-1-3-11(12)13(16)7-10;/h1-7,9H;1H. The second-order valence-corrected chi connectivity index (χ2v) is 3.88. The summed E-state index contributed by atoms with van der Waals surface area (Å²) in [6, 6.07) is 13.3. The average Bonchev–Trinajstić information content (AvgIpc) is 2.39. The smallest absolute Gasteiger partial charge is 0.220 e. The fourth-order valence-corrected chi connectivity index (χ4v) is 2.04. The molecule has 18 heavy (non-hydrogen) atoms. The number of pyridine rings is 2. The molecule has 88 valence electrons. The summed E-state index contributed by atoms with van der Waals surface area (Å²) >= 11 is 0. The number of fused-ring (bicyclic) bond motifs is 3. The van der Waals surface area contributed by atoms with Gasteiger partial charge in [0.05, 0.1) is 17.0 Å². The maximum absolute atomic E-state index is 9.91. The monoisotopic (exact) mass is 300 g/mol. The van der Waals surface area contributed by atoms with Gasteiger partial charge >= 0.3 is 0 Å².